The van der Waals surface area contributed by atoms with Gasteiger partial charge in [-0.25, -0.2) is 4.79 Å². The number of amides is 1. The summed E-state index contributed by atoms with van der Waals surface area (Å²) >= 11 is 0. The van der Waals surface area contributed by atoms with E-state index in [2.05, 4.69) is 5.32 Å². The first kappa shape index (κ1) is 29.0. The lowest BCUT2D eigenvalue weighted by molar-refractivity contribution is -0.139. The van der Waals surface area contributed by atoms with Crippen molar-refractivity contribution in [2.45, 2.75) is 44.7 Å². The minimum absolute atomic E-state index is 0.0599. The summed E-state index contributed by atoms with van der Waals surface area (Å²) in [6.45, 7) is -0.245. The Hall–Kier alpha value is -4.01. The maximum Gasteiger partial charge on any atom is 0.416 e. The lowest BCUT2D eigenvalue weighted by atomic mass is 9.93. The molecule has 0 aromatic heterocycles. The molecule has 40 heavy (non-hydrogen) atoms. The van der Waals surface area contributed by atoms with Crippen LogP contribution in [0.4, 0.5) is 13.2 Å². The summed E-state index contributed by atoms with van der Waals surface area (Å²) in [4.78, 5) is 24.7. The lowest BCUT2D eigenvalue weighted by Gasteiger charge is -2.19. The molecular weight excluding hydrogens is 523 g/mol. The molecule has 0 bridgehead atoms. The van der Waals surface area contributed by atoms with Gasteiger partial charge in [-0.15, -0.1) is 0 Å². The van der Waals surface area contributed by atoms with Gasteiger partial charge in [0, 0.05) is 23.2 Å². The van der Waals surface area contributed by atoms with E-state index >= 15 is 0 Å². The van der Waals surface area contributed by atoms with Crippen molar-refractivity contribution in [2.75, 3.05) is 20.3 Å². The number of aliphatic carboxylic acids is 1. The second kappa shape index (κ2) is 12.9. The first-order chi connectivity index (χ1) is 19.2. The second-order valence-electron chi connectivity index (χ2n) is 9.94. The maximum absolute atomic E-state index is 13.6. The maximum atomic E-state index is 13.6. The summed E-state index contributed by atoms with van der Waals surface area (Å²) in [5, 5.41) is 12.2. The number of hydrogen-bond donors (Lipinski definition) is 2. The van der Waals surface area contributed by atoms with Gasteiger partial charge >= 0.3 is 12.1 Å². The van der Waals surface area contributed by atoms with Crippen LogP contribution in [0.15, 0.2) is 60.7 Å². The Labute approximate surface area is 231 Å². The monoisotopic (exact) mass is 555 g/mol. The number of carbonyl (C=O) groups excluding carboxylic acids is 1. The van der Waals surface area contributed by atoms with E-state index in [0.29, 0.717) is 29.3 Å². The van der Waals surface area contributed by atoms with Crippen LogP contribution in [0.2, 0.25) is 0 Å². The summed E-state index contributed by atoms with van der Waals surface area (Å²) < 4.78 is 51.6. The highest BCUT2D eigenvalue weighted by molar-refractivity contribution is 5.99. The van der Waals surface area contributed by atoms with Gasteiger partial charge in [0.05, 0.1) is 12.7 Å². The number of carbonyl (C=O) groups is 2. The van der Waals surface area contributed by atoms with E-state index in [-0.39, 0.29) is 28.3 Å². The highest BCUT2D eigenvalue weighted by Gasteiger charge is 2.31. The molecule has 3 aromatic carbocycles. The predicted octanol–water partition coefficient (Wildman–Crippen LogP) is 7.21. The van der Waals surface area contributed by atoms with E-state index in [1.165, 1.54) is 51.0 Å². The third-order valence-electron chi connectivity index (χ3n) is 7.14. The number of nitrogens with one attached hydrogen (secondary N) is 1. The SMILES string of the molecule is COc1ccc(-c2cc(C(=O)NCCCC3CCCC3)cc(-c3cccc(C(F)(F)F)c3)c2OCC(=O)O)cc1. The number of methoxy groups -OCH3 is 1. The van der Waals surface area contributed by atoms with Crippen molar-refractivity contribution in [1.29, 1.82) is 0 Å². The molecule has 9 heteroatoms. The largest absolute Gasteiger partial charge is 0.497 e. The van der Waals surface area contributed by atoms with Crippen LogP contribution in [-0.2, 0) is 11.0 Å². The van der Waals surface area contributed by atoms with Gasteiger partial charge in [0.25, 0.3) is 5.91 Å². The molecule has 0 atom stereocenters. The van der Waals surface area contributed by atoms with Crippen LogP contribution < -0.4 is 14.8 Å². The number of hydrogen-bond acceptors (Lipinski definition) is 4. The Morgan fingerprint density at radius 2 is 1.65 bits per heavy atom. The molecule has 3 aromatic rings. The fourth-order valence-corrected chi connectivity index (χ4v) is 5.11. The van der Waals surface area contributed by atoms with E-state index in [1.54, 1.807) is 30.3 Å². The zero-order valence-corrected chi connectivity index (χ0v) is 22.2. The number of ether oxygens (including phenoxy) is 2. The highest BCUT2D eigenvalue weighted by Crippen LogP contribution is 2.42. The van der Waals surface area contributed by atoms with Gasteiger partial charge in [0.15, 0.2) is 6.61 Å². The van der Waals surface area contributed by atoms with Gasteiger partial charge in [-0.05, 0) is 66.3 Å². The molecule has 4 rings (SSSR count). The number of carboxylic acids is 1. The predicted molar refractivity (Wildman–Crippen MR) is 146 cm³/mol. The van der Waals surface area contributed by atoms with Crippen molar-refractivity contribution in [3.05, 3.63) is 71.8 Å². The minimum atomic E-state index is -4.59. The Bertz CT molecular complexity index is 1330. The minimum Gasteiger partial charge on any atom is -0.497 e. The van der Waals surface area contributed by atoms with Crippen LogP contribution in [-0.4, -0.2) is 37.2 Å². The van der Waals surface area contributed by atoms with E-state index in [9.17, 15) is 27.9 Å². The Balaban J connectivity index is 1.76. The summed E-state index contributed by atoms with van der Waals surface area (Å²) in [5.41, 5.74) is 0.613. The summed E-state index contributed by atoms with van der Waals surface area (Å²) in [5.74, 6) is -0.300. The van der Waals surface area contributed by atoms with Gasteiger partial charge in [-0.2, -0.15) is 13.2 Å². The second-order valence-corrected chi connectivity index (χ2v) is 9.94. The molecule has 2 N–H and O–H groups in total. The smallest absolute Gasteiger partial charge is 0.416 e. The van der Waals surface area contributed by atoms with E-state index in [1.807, 2.05) is 0 Å². The standard InChI is InChI=1S/C31H32F3NO5/c1-39-25-13-11-21(12-14-25)26-17-23(30(38)35-15-5-8-20-6-2-3-7-20)18-27(29(26)40-19-28(36)37)22-9-4-10-24(16-22)31(32,33)34/h4,9-14,16-18,20H,2-3,5-8,15,19H2,1H3,(H,35,38)(H,36,37). The molecule has 0 radical (unpaired) electrons. The molecule has 0 unspecified atom stereocenters. The summed E-state index contributed by atoms with van der Waals surface area (Å²) in [6.07, 6.45) is 2.22. The highest BCUT2D eigenvalue weighted by atomic mass is 19.4. The zero-order valence-electron chi connectivity index (χ0n) is 22.2. The molecule has 1 aliphatic rings. The molecule has 1 amide bonds. The number of carboxylic acid groups (broad SMARTS) is 1. The van der Waals surface area contributed by atoms with Crippen molar-refractivity contribution in [1.82, 2.24) is 5.32 Å². The molecule has 6 nitrogen and oxygen atoms in total. The van der Waals surface area contributed by atoms with Gasteiger partial charge in [0.2, 0.25) is 0 Å². The van der Waals surface area contributed by atoms with Crippen molar-refractivity contribution in [3.8, 4) is 33.8 Å². The Morgan fingerprint density at radius 1 is 0.975 bits per heavy atom. The third kappa shape index (κ3) is 7.34. The molecule has 0 heterocycles. The fraction of sp³-hybridized carbons (Fsp3) is 0.355. The molecule has 0 aliphatic heterocycles. The normalized spacial score (nSPS) is 13.7. The number of halogens is 3. The molecular formula is C31H32F3NO5. The van der Waals surface area contributed by atoms with Crippen LogP contribution in [0.3, 0.4) is 0 Å². The summed E-state index contributed by atoms with van der Waals surface area (Å²) in [7, 11) is 1.51. The van der Waals surface area contributed by atoms with E-state index < -0.39 is 24.3 Å². The fourth-order valence-electron chi connectivity index (χ4n) is 5.11. The van der Waals surface area contributed by atoms with Crippen molar-refractivity contribution in [3.63, 3.8) is 0 Å². The van der Waals surface area contributed by atoms with Crippen molar-refractivity contribution >= 4 is 11.9 Å². The Kier molecular flexibility index (Phi) is 9.34. The molecule has 0 spiro atoms. The van der Waals surface area contributed by atoms with Gasteiger partial charge in [-0.1, -0.05) is 49.9 Å². The quantitative estimate of drug-likeness (QED) is 0.244. The molecule has 1 fully saturated rings. The van der Waals surface area contributed by atoms with E-state index in [0.717, 1.165) is 25.0 Å². The van der Waals surface area contributed by atoms with Crippen molar-refractivity contribution in [2.24, 2.45) is 5.92 Å². The van der Waals surface area contributed by atoms with Gasteiger partial charge in [0.1, 0.15) is 11.5 Å². The van der Waals surface area contributed by atoms with Gasteiger partial charge < -0.3 is 19.9 Å². The van der Waals surface area contributed by atoms with Crippen LogP contribution >= 0.6 is 0 Å². The molecule has 212 valence electrons. The number of rotatable bonds is 11. The third-order valence-corrected chi connectivity index (χ3v) is 7.14. The summed E-state index contributed by atoms with van der Waals surface area (Å²) in [6, 6.07) is 14.5. The first-order valence-corrected chi connectivity index (χ1v) is 13.3. The lowest BCUT2D eigenvalue weighted by Crippen LogP contribution is -2.25. The molecule has 1 saturated carbocycles. The van der Waals surface area contributed by atoms with Crippen LogP contribution in [0.25, 0.3) is 22.3 Å². The van der Waals surface area contributed by atoms with Crippen LogP contribution in [0, 0.1) is 5.92 Å². The molecule has 0 saturated heterocycles. The zero-order chi connectivity index (χ0) is 28.7. The van der Waals surface area contributed by atoms with Crippen LogP contribution in [0.5, 0.6) is 11.5 Å². The van der Waals surface area contributed by atoms with Crippen LogP contribution in [0.1, 0.15) is 54.4 Å². The van der Waals surface area contributed by atoms with E-state index in [4.69, 9.17) is 9.47 Å². The average Bonchev–Trinajstić information content (AvgIpc) is 3.47. The van der Waals surface area contributed by atoms with Crippen molar-refractivity contribution < 1.29 is 37.3 Å². The molecule has 1 aliphatic carbocycles. The number of alkyl halides is 3. The first-order valence-electron chi connectivity index (χ1n) is 13.3. The topological polar surface area (TPSA) is 84.9 Å². The van der Waals surface area contributed by atoms with Gasteiger partial charge in [-0.3, -0.25) is 4.79 Å². The number of benzene rings is 3. The average molecular weight is 556 g/mol. The Morgan fingerprint density at radius 3 is 2.27 bits per heavy atom.